The molecule has 9 nitrogen and oxygen atoms in total. The Hall–Kier alpha value is -4.66. The Morgan fingerprint density at radius 3 is 2.58 bits per heavy atom. The topological polar surface area (TPSA) is 109 Å². The van der Waals surface area contributed by atoms with Gasteiger partial charge in [0.15, 0.2) is 15.1 Å². The van der Waals surface area contributed by atoms with Gasteiger partial charge in [-0.15, -0.1) is 0 Å². The van der Waals surface area contributed by atoms with Crippen molar-refractivity contribution in [1.82, 2.24) is 14.5 Å². The fourth-order valence-corrected chi connectivity index (χ4v) is 7.32. The summed E-state index contributed by atoms with van der Waals surface area (Å²) in [4.78, 5) is 40.8. The Balaban J connectivity index is 1.42. The SMILES string of the molecule is CCCC1=C(C(=O)OCC)[C@H](c2cc(Cl)ccc2OC)n2c(s/c(=C\c3ccc(Sc4nc(-c5ccccc5)cc(C(F)(F)F)n4)o3)c2=O)=N1. The second-order valence-electron chi connectivity index (χ2n) is 10.8. The van der Waals surface area contributed by atoms with E-state index in [1.54, 1.807) is 67.6 Å². The third kappa shape index (κ3) is 7.28. The molecule has 0 radical (unpaired) electrons. The molecule has 1 atom stereocenters. The number of hydrogen-bond acceptors (Lipinski definition) is 10. The first-order valence-corrected chi connectivity index (χ1v) is 17.4. The van der Waals surface area contributed by atoms with E-state index in [0.717, 1.165) is 29.2 Å². The summed E-state index contributed by atoms with van der Waals surface area (Å²) < 4.78 is 59.9. The highest BCUT2D eigenvalue weighted by Gasteiger charge is 2.36. The van der Waals surface area contributed by atoms with Crippen LogP contribution in [0.2, 0.25) is 5.02 Å². The van der Waals surface area contributed by atoms with E-state index in [1.165, 1.54) is 17.8 Å². The molecule has 2 aromatic carbocycles. The van der Waals surface area contributed by atoms with E-state index in [0.29, 0.717) is 45.2 Å². The van der Waals surface area contributed by atoms with Crippen LogP contribution in [0.25, 0.3) is 17.3 Å². The number of ether oxygens (including phenoxy) is 2. The van der Waals surface area contributed by atoms with Crippen LogP contribution in [0.15, 0.2) is 102 Å². The van der Waals surface area contributed by atoms with Crippen molar-refractivity contribution in [1.29, 1.82) is 0 Å². The van der Waals surface area contributed by atoms with Gasteiger partial charge < -0.3 is 13.9 Å². The Kier molecular flexibility index (Phi) is 10.3. The predicted octanol–water partition coefficient (Wildman–Crippen LogP) is 7.46. The molecule has 258 valence electrons. The number of fused-ring (bicyclic) bond motifs is 1. The number of carbonyl (C=O) groups is 1. The van der Waals surface area contributed by atoms with Crippen LogP contribution in [-0.2, 0) is 15.7 Å². The van der Waals surface area contributed by atoms with Crippen molar-refractivity contribution in [2.24, 2.45) is 4.99 Å². The van der Waals surface area contributed by atoms with Crippen molar-refractivity contribution in [2.75, 3.05) is 13.7 Å². The van der Waals surface area contributed by atoms with Gasteiger partial charge in [0, 0.05) is 22.2 Å². The van der Waals surface area contributed by atoms with Crippen molar-refractivity contribution in [3.8, 4) is 17.0 Å². The number of carbonyl (C=O) groups excluding carboxylic acids is 1. The zero-order valence-electron chi connectivity index (χ0n) is 26.8. The van der Waals surface area contributed by atoms with Gasteiger partial charge in [0.25, 0.3) is 5.56 Å². The van der Waals surface area contributed by atoms with Crippen LogP contribution in [0, 0.1) is 0 Å². The Labute approximate surface area is 296 Å². The highest BCUT2D eigenvalue weighted by atomic mass is 35.5. The summed E-state index contributed by atoms with van der Waals surface area (Å²) >= 11 is 8.32. The zero-order valence-corrected chi connectivity index (χ0v) is 29.2. The lowest BCUT2D eigenvalue weighted by atomic mass is 9.93. The van der Waals surface area contributed by atoms with E-state index in [2.05, 4.69) is 9.97 Å². The van der Waals surface area contributed by atoms with Gasteiger partial charge in [-0.1, -0.05) is 66.6 Å². The maximum absolute atomic E-state index is 14.1. The molecule has 6 rings (SSSR count). The maximum atomic E-state index is 14.1. The molecule has 1 aliphatic heterocycles. The summed E-state index contributed by atoms with van der Waals surface area (Å²) in [6, 6.07) is 16.5. The summed E-state index contributed by atoms with van der Waals surface area (Å²) in [5.74, 6) is 0.0534. The third-order valence-electron chi connectivity index (χ3n) is 7.51. The molecule has 0 unspecified atom stereocenters. The van der Waals surface area contributed by atoms with E-state index in [4.69, 9.17) is 30.5 Å². The van der Waals surface area contributed by atoms with Crippen molar-refractivity contribution in [3.05, 3.63) is 120 Å². The molecule has 1 aliphatic rings. The van der Waals surface area contributed by atoms with Gasteiger partial charge in [-0.05, 0) is 61.5 Å². The van der Waals surface area contributed by atoms with E-state index >= 15 is 0 Å². The van der Waals surface area contributed by atoms with Crippen molar-refractivity contribution < 1.29 is 31.9 Å². The number of allylic oxidation sites excluding steroid dienone is 1. The number of esters is 1. The first-order chi connectivity index (χ1) is 24.0. The van der Waals surface area contributed by atoms with Crippen molar-refractivity contribution >= 4 is 46.7 Å². The largest absolute Gasteiger partial charge is 0.496 e. The molecule has 0 aliphatic carbocycles. The Morgan fingerprint density at radius 2 is 1.88 bits per heavy atom. The number of aromatic nitrogens is 3. The molecule has 3 aromatic heterocycles. The number of rotatable bonds is 10. The summed E-state index contributed by atoms with van der Waals surface area (Å²) in [6.07, 6.45) is -2.07. The lowest BCUT2D eigenvalue weighted by molar-refractivity contribution is -0.141. The molecule has 15 heteroatoms. The highest BCUT2D eigenvalue weighted by molar-refractivity contribution is 7.99. The zero-order chi connectivity index (χ0) is 35.6. The van der Waals surface area contributed by atoms with Crippen LogP contribution in [0.5, 0.6) is 5.75 Å². The molecule has 0 fully saturated rings. The second kappa shape index (κ2) is 14.7. The minimum atomic E-state index is -4.69. The summed E-state index contributed by atoms with van der Waals surface area (Å²) in [7, 11) is 1.48. The average molecular weight is 741 g/mol. The molecular weight excluding hydrogens is 713 g/mol. The first kappa shape index (κ1) is 35.2. The van der Waals surface area contributed by atoms with Crippen molar-refractivity contribution in [2.45, 2.75) is 49.2 Å². The molecule has 0 amide bonds. The number of thiazole rings is 1. The van der Waals surface area contributed by atoms with E-state index in [-0.39, 0.29) is 38.4 Å². The van der Waals surface area contributed by atoms with Crippen LogP contribution in [0.1, 0.15) is 49.7 Å². The predicted molar refractivity (Wildman–Crippen MR) is 183 cm³/mol. The molecule has 0 saturated carbocycles. The van der Waals surface area contributed by atoms with Crippen LogP contribution in [-0.4, -0.2) is 34.2 Å². The van der Waals surface area contributed by atoms with Crippen LogP contribution >= 0.6 is 34.7 Å². The monoisotopic (exact) mass is 740 g/mol. The molecular formula is C35H28ClF3N4O5S2. The van der Waals surface area contributed by atoms with Crippen LogP contribution < -0.4 is 19.6 Å². The number of hydrogen-bond donors (Lipinski definition) is 0. The van der Waals surface area contributed by atoms with Gasteiger partial charge in [0.1, 0.15) is 23.2 Å². The molecule has 4 heterocycles. The Morgan fingerprint density at radius 1 is 1.10 bits per heavy atom. The third-order valence-corrected chi connectivity index (χ3v) is 9.52. The van der Waals surface area contributed by atoms with E-state index in [9.17, 15) is 22.8 Å². The minimum Gasteiger partial charge on any atom is -0.496 e. The molecule has 0 N–H and O–H groups in total. The maximum Gasteiger partial charge on any atom is 0.433 e. The number of halogens is 4. The highest BCUT2D eigenvalue weighted by Crippen LogP contribution is 2.39. The molecule has 0 spiro atoms. The number of furan rings is 1. The number of alkyl halides is 3. The summed E-state index contributed by atoms with van der Waals surface area (Å²) in [6.45, 7) is 3.76. The smallest absolute Gasteiger partial charge is 0.433 e. The van der Waals surface area contributed by atoms with Crippen LogP contribution in [0.4, 0.5) is 13.2 Å². The minimum absolute atomic E-state index is 0.110. The summed E-state index contributed by atoms with van der Waals surface area (Å²) in [5, 5.41) is 0.421. The molecule has 50 heavy (non-hydrogen) atoms. The van der Waals surface area contributed by atoms with Gasteiger partial charge in [0.05, 0.1) is 35.2 Å². The molecule has 5 aromatic rings. The van der Waals surface area contributed by atoms with Gasteiger partial charge >= 0.3 is 12.1 Å². The fraction of sp³-hybridized carbons (Fsp3) is 0.229. The lowest BCUT2D eigenvalue weighted by Gasteiger charge is -2.27. The Bertz CT molecular complexity index is 2280. The average Bonchev–Trinajstić information content (AvgIpc) is 3.66. The number of nitrogens with zero attached hydrogens (tertiary/aromatic N) is 4. The summed E-state index contributed by atoms with van der Waals surface area (Å²) in [5.41, 5.74) is 0.236. The van der Waals surface area contributed by atoms with Gasteiger partial charge in [-0.25, -0.2) is 19.8 Å². The second-order valence-corrected chi connectivity index (χ2v) is 13.3. The van der Waals surface area contributed by atoms with Gasteiger partial charge in [-0.2, -0.15) is 13.2 Å². The molecule has 0 bridgehead atoms. The van der Waals surface area contributed by atoms with Crippen molar-refractivity contribution in [3.63, 3.8) is 0 Å². The van der Waals surface area contributed by atoms with E-state index < -0.39 is 29.4 Å². The quantitative estimate of drug-likeness (QED) is 0.107. The standard InChI is InChI=1S/C35H28ClF3N4O5S2/c1-4-9-23-29(32(45)47-5-2)30(22-16-20(36)12-14-25(22)46-3)43-31(44)26(49-34(43)41-23)17-21-13-15-28(48-21)50-33-40-24(19-10-7-6-8-11-19)18-27(42-33)35(37,38)39/h6-8,10-18,30H,4-5,9H2,1-3H3/b26-17-/t30-/m0/s1. The first-order valence-electron chi connectivity index (χ1n) is 15.4. The van der Waals surface area contributed by atoms with Crippen LogP contribution in [0.3, 0.4) is 0 Å². The van der Waals surface area contributed by atoms with E-state index in [1.807, 2.05) is 6.92 Å². The lowest BCUT2D eigenvalue weighted by Crippen LogP contribution is -2.40. The normalized spacial score (nSPS) is 14.8. The molecule has 0 saturated heterocycles. The number of methoxy groups -OCH3 is 1. The fourth-order valence-electron chi connectivity index (χ4n) is 5.39. The van der Waals surface area contributed by atoms with Gasteiger partial charge in [0.2, 0.25) is 0 Å². The number of benzene rings is 2. The van der Waals surface area contributed by atoms with Gasteiger partial charge in [-0.3, -0.25) is 9.36 Å².